The molecule has 0 saturated heterocycles. The lowest BCUT2D eigenvalue weighted by molar-refractivity contribution is -0.114. The first kappa shape index (κ1) is 7.86. The van der Waals surface area contributed by atoms with Gasteiger partial charge in [0.15, 0.2) is 0 Å². The van der Waals surface area contributed by atoms with Crippen molar-refractivity contribution < 1.29 is 4.79 Å². The molecule has 1 aromatic carbocycles. The van der Waals surface area contributed by atoms with E-state index in [0.29, 0.717) is 12.1 Å². The third-order valence-corrected chi connectivity index (χ3v) is 2.08. The van der Waals surface area contributed by atoms with Crippen molar-refractivity contribution in [2.75, 3.05) is 11.9 Å². The van der Waals surface area contributed by atoms with Crippen molar-refractivity contribution in [1.29, 1.82) is 0 Å². The summed E-state index contributed by atoms with van der Waals surface area (Å²) < 4.78 is 0. The Morgan fingerprint density at radius 3 is 2.92 bits per heavy atom. The number of hydrogen-bond acceptors (Lipinski definition) is 2. The van der Waals surface area contributed by atoms with Gasteiger partial charge in [-0.15, -0.1) is 0 Å². The van der Waals surface area contributed by atoms with E-state index in [4.69, 9.17) is 5.73 Å². The molecule has 0 bridgehead atoms. The molecule has 1 aromatic rings. The predicted molar refractivity (Wildman–Crippen MR) is 52.1 cm³/mol. The molecule has 0 fully saturated rings. The standard InChI is InChI=1S/C10H10N2O/c11-10(13)8-5-7-3-1-2-4-9(7)12-6-8/h1-5,12H,6H2,(H2,11,13). The van der Waals surface area contributed by atoms with Gasteiger partial charge in [-0.1, -0.05) is 18.2 Å². The molecule has 0 saturated carbocycles. The summed E-state index contributed by atoms with van der Waals surface area (Å²) >= 11 is 0. The summed E-state index contributed by atoms with van der Waals surface area (Å²) in [6.07, 6.45) is 1.83. The van der Waals surface area contributed by atoms with Gasteiger partial charge in [0, 0.05) is 17.8 Å². The molecule has 0 aliphatic carbocycles. The van der Waals surface area contributed by atoms with E-state index < -0.39 is 0 Å². The second kappa shape index (κ2) is 2.94. The van der Waals surface area contributed by atoms with Crippen LogP contribution in [0, 0.1) is 0 Å². The summed E-state index contributed by atoms with van der Waals surface area (Å²) in [7, 11) is 0. The molecule has 0 unspecified atom stereocenters. The highest BCUT2D eigenvalue weighted by Gasteiger charge is 2.11. The van der Waals surface area contributed by atoms with Crippen LogP contribution < -0.4 is 11.1 Å². The average molecular weight is 174 g/mol. The van der Waals surface area contributed by atoms with Gasteiger partial charge in [-0.05, 0) is 17.7 Å². The van der Waals surface area contributed by atoms with Gasteiger partial charge in [0.25, 0.3) is 0 Å². The van der Waals surface area contributed by atoms with Gasteiger partial charge in [-0.2, -0.15) is 0 Å². The normalized spacial score (nSPS) is 14.0. The van der Waals surface area contributed by atoms with Crippen LogP contribution in [0.4, 0.5) is 5.69 Å². The molecule has 0 radical (unpaired) electrons. The summed E-state index contributed by atoms with van der Waals surface area (Å²) in [6, 6.07) is 7.81. The zero-order valence-electron chi connectivity index (χ0n) is 7.08. The Labute approximate surface area is 76.2 Å². The van der Waals surface area contributed by atoms with Gasteiger partial charge in [0.1, 0.15) is 0 Å². The van der Waals surface area contributed by atoms with Crippen molar-refractivity contribution in [1.82, 2.24) is 0 Å². The van der Waals surface area contributed by atoms with E-state index in [0.717, 1.165) is 11.3 Å². The van der Waals surface area contributed by atoms with Gasteiger partial charge in [0.05, 0.1) is 0 Å². The van der Waals surface area contributed by atoms with Crippen LogP contribution in [0.2, 0.25) is 0 Å². The largest absolute Gasteiger partial charge is 0.380 e. The number of anilines is 1. The third kappa shape index (κ3) is 1.40. The van der Waals surface area contributed by atoms with E-state index in [1.165, 1.54) is 0 Å². The number of carbonyl (C=O) groups excluding carboxylic acids is 1. The van der Waals surface area contributed by atoms with Crippen LogP contribution in [0.3, 0.4) is 0 Å². The lowest BCUT2D eigenvalue weighted by Gasteiger charge is -2.16. The summed E-state index contributed by atoms with van der Waals surface area (Å²) in [5, 5.41) is 3.12. The molecule has 3 N–H and O–H groups in total. The summed E-state index contributed by atoms with van der Waals surface area (Å²) in [4.78, 5) is 10.9. The first-order valence-corrected chi connectivity index (χ1v) is 4.10. The zero-order chi connectivity index (χ0) is 9.26. The van der Waals surface area contributed by atoms with Gasteiger partial charge in [-0.25, -0.2) is 0 Å². The van der Waals surface area contributed by atoms with Gasteiger partial charge in [-0.3, -0.25) is 4.79 Å². The van der Waals surface area contributed by atoms with E-state index in [9.17, 15) is 4.79 Å². The Morgan fingerprint density at radius 1 is 1.38 bits per heavy atom. The highest BCUT2D eigenvalue weighted by molar-refractivity contribution is 5.99. The molecule has 3 heteroatoms. The Morgan fingerprint density at radius 2 is 2.15 bits per heavy atom. The molecule has 0 spiro atoms. The second-order valence-electron chi connectivity index (χ2n) is 2.97. The lowest BCUT2D eigenvalue weighted by Crippen LogP contribution is -2.22. The minimum absolute atomic E-state index is 0.359. The zero-order valence-corrected chi connectivity index (χ0v) is 7.08. The number of fused-ring (bicyclic) bond motifs is 1. The SMILES string of the molecule is NC(=O)C1=Cc2ccccc2NC1. The number of benzene rings is 1. The molecule has 1 amide bonds. The molecule has 1 aliphatic rings. The van der Waals surface area contributed by atoms with Crippen LogP contribution in [0.15, 0.2) is 29.8 Å². The fourth-order valence-corrected chi connectivity index (χ4v) is 1.37. The van der Waals surface area contributed by atoms with E-state index >= 15 is 0 Å². The summed E-state index contributed by atoms with van der Waals surface area (Å²) in [5.74, 6) is -0.359. The fourth-order valence-electron chi connectivity index (χ4n) is 1.37. The third-order valence-electron chi connectivity index (χ3n) is 2.08. The Balaban J connectivity index is 2.44. The summed E-state index contributed by atoms with van der Waals surface area (Å²) in [5.41, 5.74) is 7.87. The number of nitrogens with one attached hydrogen (secondary N) is 1. The van der Waals surface area contributed by atoms with E-state index in [2.05, 4.69) is 5.32 Å². The van der Waals surface area contributed by atoms with Crippen LogP contribution in [-0.2, 0) is 4.79 Å². The predicted octanol–water partition coefficient (Wildman–Crippen LogP) is 0.981. The van der Waals surface area contributed by atoms with Crippen molar-refractivity contribution in [2.24, 2.45) is 5.73 Å². The smallest absolute Gasteiger partial charge is 0.246 e. The molecule has 66 valence electrons. The lowest BCUT2D eigenvalue weighted by atomic mass is 10.0. The van der Waals surface area contributed by atoms with Crippen LogP contribution >= 0.6 is 0 Å². The molecule has 1 heterocycles. The Hall–Kier alpha value is -1.77. The first-order chi connectivity index (χ1) is 6.27. The van der Waals surface area contributed by atoms with Crippen LogP contribution in [0.1, 0.15) is 5.56 Å². The van der Waals surface area contributed by atoms with Gasteiger partial charge < -0.3 is 11.1 Å². The molecule has 0 atom stereocenters. The van der Waals surface area contributed by atoms with Crippen molar-refractivity contribution >= 4 is 17.7 Å². The Bertz CT molecular complexity index is 382. The maximum atomic E-state index is 10.9. The number of primary amides is 1. The highest BCUT2D eigenvalue weighted by Crippen LogP contribution is 2.22. The number of hydrogen-bond donors (Lipinski definition) is 2. The van der Waals surface area contributed by atoms with E-state index in [1.54, 1.807) is 0 Å². The van der Waals surface area contributed by atoms with Crippen LogP contribution in [-0.4, -0.2) is 12.5 Å². The van der Waals surface area contributed by atoms with Gasteiger partial charge >= 0.3 is 0 Å². The molecule has 0 aromatic heterocycles. The number of nitrogens with two attached hydrogens (primary N) is 1. The van der Waals surface area contributed by atoms with Crippen LogP contribution in [0.25, 0.3) is 6.08 Å². The number of carbonyl (C=O) groups is 1. The van der Waals surface area contributed by atoms with Crippen molar-refractivity contribution in [3.63, 3.8) is 0 Å². The minimum Gasteiger partial charge on any atom is -0.380 e. The maximum Gasteiger partial charge on any atom is 0.246 e. The van der Waals surface area contributed by atoms with Crippen molar-refractivity contribution in [2.45, 2.75) is 0 Å². The second-order valence-corrected chi connectivity index (χ2v) is 2.97. The topological polar surface area (TPSA) is 55.1 Å². The quantitative estimate of drug-likeness (QED) is 0.666. The van der Waals surface area contributed by atoms with Crippen molar-refractivity contribution in [3.05, 3.63) is 35.4 Å². The summed E-state index contributed by atoms with van der Waals surface area (Å²) in [6.45, 7) is 0.520. The van der Waals surface area contributed by atoms with E-state index in [-0.39, 0.29) is 5.91 Å². The highest BCUT2D eigenvalue weighted by atomic mass is 16.1. The van der Waals surface area contributed by atoms with Gasteiger partial charge in [0.2, 0.25) is 5.91 Å². The van der Waals surface area contributed by atoms with Crippen LogP contribution in [0.5, 0.6) is 0 Å². The Kier molecular flexibility index (Phi) is 1.77. The number of para-hydroxylation sites is 1. The average Bonchev–Trinajstić information content (AvgIpc) is 2.17. The molecule has 1 aliphatic heterocycles. The number of rotatable bonds is 1. The maximum absolute atomic E-state index is 10.9. The molecular weight excluding hydrogens is 164 g/mol. The fraction of sp³-hybridized carbons (Fsp3) is 0.100. The van der Waals surface area contributed by atoms with Crippen molar-refractivity contribution in [3.8, 4) is 0 Å². The molecule has 13 heavy (non-hydrogen) atoms. The molecular formula is C10H10N2O. The minimum atomic E-state index is -0.359. The molecule has 2 rings (SSSR count). The first-order valence-electron chi connectivity index (χ1n) is 4.10. The molecule has 3 nitrogen and oxygen atoms in total. The number of amides is 1. The van der Waals surface area contributed by atoms with E-state index in [1.807, 2.05) is 30.3 Å². The monoisotopic (exact) mass is 174 g/mol.